The van der Waals surface area contributed by atoms with Gasteiger partial charge in [0.1, 0.15) is 0 Å². The van der Waals surface area contributed by atoms with Crippen molar-refractivity contribution in [3.05, 3.63) is 48.0 Å². The number of aryl methyl sites for hydroxylation is 1. The number of hydrogen-bond acceptors (Lipinski definition) is 2. The lowest BCUT2D eigenvalue weighted by Gasteiger charge is -2.25. The zero-order valence-corrected chi connectivity index (χ0v) is 12.3. The van der Waals surface area contributed by atoms with E-state index in [1.165, 1.54) is 5.56 Å². The minimum absolute atomic E-state index is 0.0193. The molecule has 0 aliphatic rings. The maximum atomic E-state index is 12.2. The second-order valence-corrected chi connectivity index (χ2v) is 4.78. The summed E-state index contributed by atoms with van der Waals surface area (Å²) in [4.78, 5) is 13.7. The number of amides is 2. The van der Waals surface area contributed by atoms with Gasteiger partial charge < -0.3 is 15.3 Å². The number of rotatable bonds is 7. The summed E-state index contributed by atoms with van der Waals surface area (Å²) in [5, 5.41) is 12.0. The zero-order chi connectivity index (χ0) is 15.0. The lowest BCUT2D eigenvalue weighted by molar-refractivity contribution is 0.180. The van der Waals surface area contributed by atoms with Crippen molar-refractivity contribution in [1.29, 1.82) is 0 Å². The highest BCUT2D eigenvalue weighted by molar-refractivity contribution is 5.75. The van der Waals surface area contributed by atoms with Gasteiger partial charge in [0.05, 0.1) is 12.6 Å². The average Bonchev–Trinajstić information content (AvgIpc) is 2.45. The van der Waals surface area contributed by atoms with Crippen LogP contribution in [0.4, 0.5) is 4.79 Å². The fraction of sp³-hybridized carbons (Fsp3) is 0.438. The van der Waals surface area contributed by atoms with Crippen molar-refractivity contribution in [3.63, 3.8) is 0 Å². The van der Waals surface area contributed by atoms with Gasteiger partial charge in [-0.05, 0) is 18.9 Å². The van der Waals surface area contributed by atoms with Crippen molar-refractivity contribution in [2.45, 2.75) is 26.3 Å². The summed E-state index contributed by atoms with van der Waals surface area (Å²) in [6.45, 7) is 8.39. The molecule has 0 heterocycles. The number of urea groups is 1. The van der Waals surface area contributed by atoms with Crippen LogP contribution in [0.3, 0.4) is 0 Å². The average molecular weight is 276 g/mol. The lowest BCUT2D eigenvalue weighted by atomic mass is 10.0. The van der Waals surface area contributed by atoms with E-state index in [9.17, 15) is 4.79 Å². The van der Waals surface area contributed by atoms with Crippen molar-refractivity contribution in [1.82, 2.24) is 10.2 Å². The van der Waals surface area contributed by atoms with Crippen LogP contribution in [-0.2, 0) is 0 Å². The SMILES string of the molecule is C=CCN(CCO)C(=O)NC(CC)c1ccc(C)cc1. The van der Waals surface area contributed by atoms with Crippen molar-refractivity contribution >= 4 is 6.03 Å². The first-order valence-electron chi connectivity index (χ1n) is 6.96. The van der Waals surface area contributed by atoms with E-state index in [-0.39, 0.29) is 18.7 Å². The van der Waals surface area contributed by atoms with Crippen LogP contribution in [0.15, 0.2) is 36.9 Å². The fourth-order valence-corrected chi connectivity index (χ4v) is 2.01. The van der Waals surface area contributed by atoms with Crippen molar-refractivity contribution in [2.75, 3.05) is 19.7 Å². The van der Waals surface area contributed by atoms with Gasteiger partial charge in [-0.3, -0.25) is 0 Å². The maximum Gasteiger partial charge on any atom is 0.318 e. The van der Waals surface area contributed by atoms with E-state index in [1.54, 1.807) is 11.0 Å². The van der Waals surface area contributed by atoms with E-state index >= 15 is 0 Å². The van der Waals surface area contributed by atoms with Crippen molar-refractivity contribution in [2.24, 2.45) is 0 Å². The molecule has 0 spiro atoms. The normalized spacial score (nSPS) is 11.8. The van der Waals surface area contributed by atoms with Crippen LogP contribution in [0.1, 0.15) is 30.5 Å². The van der Waals surface area contributed by atoms with Gasteiger partial charge in [-0.2, -0.15) is 0 Å². The van der Waals surface area contributed by atoms with Gasteiger partial charge in [0.2, 0.25) is 0 Å². The smallest absolute Gasteiger partial charge is 0.318 e. The first-order valence-corrected chi connectivity index (χ1v) is 6.96. The Bertz CT molecular complexity index is 429. The third kappa shape index (κ3) is 4.70. The Morgan fingerprint density at radius 3 is 2.60 bits per heavy atom. The molecule has 0 aliphatic carbocycles. The third-order valence-corrected chi connectivity index (χ3v) is 3.19. The molecule has 0 saturated carbocycles. The molecule has 4 nitrogen and oxygen atoms in total. The lowest BCUT2D eigenvalue weighted by Crippen LogP contribution is -2.43. The van der Waals surface area contributed by atoms with E-state index in [2.05, 4.69) is 11.9 Å². The molecular weight excluding hydrogens is 252 g/mol. The van der Waals surface area contributed by atoms with Gasteiger partial charge in [-0.1, -0.05) is 42.8 Å². The largest absolute Gasteiger partial charge is 0.395 e. The summed E-state index contributed by atoms with van der Waals surface area (Å²) in [5.74, 6) is 0. The van der Waals surface area contributed by atoms with Crippen LogP contribution >= 0.6 is 0 Å². The van der Waals surface area contributed by atoms with Gasteiger partial charge in [0, 0.05) is 13.1 Å². The first kappa shape index (κ1) is 16.2. The summed E-state index contributed by atoms with van der Waals surface area (Å²) in [6.07, 6.45) is 2.47. The summed E-state index contributed by atoms with van der Waals surface area (Å²) in [6, 6.07) is 7.96. The topological polar surface area (TPSA) is 52.6 Å². The van der Waals surface area contributed by atoms with Gasteiger partial charge >= 0.3 is 6.03 Å². The Morgan fingerprint density at radius 1 is 1.45 bits per heavy atom. The van der Waals surface area contributed by atoms with E-state index < -0.39 is 0 Å². The molecule has 0 aromatic heterocycles. The first-order chi connectivity index (χ1) is 9.62. The molecule has 20 heavy (non-hydrogen) atoms. The Balaban J connectivity index is 2.73. The standard InChI is InChI=1S/C16H24N2O2/c1-4-10-18(11-12-19)16(20)17-15(5-2)14-8-6-13(3)7-9-14/h4,6-9,15,19H,1,5,10-12H2,2-3H3,(H,17,20). The Hall–Kier alpha value is -1.81. The summed E-state index contributed by atoms with van der Waals surface area (Å²) in [5.41, 5.74) is 2.29. The minimum Gasteiger partial charge on any atom is -0.395 e. The highest BCUT2D eigenvalue weighted by atomic mass is 16.3. The van der Waals surface area contributed by atoms with Gasteiger partial charge in [-0.25, -0.2) is 4.79 Å². The molecule has 4 heteroatoms. The zero-order valence-electron chi connectivity index (χ0n) is 12.3. The van der Waals surface area contributed by atoms with Crippen molar-refractivity contribution < 1.29 is 9.90 Å². The molecule has 1 aromatic carbocycles. The van der Waals surface area contributed by atoms with Crippen LogP contribution in [-0.4, -0.2) is 35.7 Å². The Kier molecular flexibility index (Phi) is 6.81. The Labute approximate surface area is 121 Å². The molecule has 0 fully saturated rings. The predicted octanol–water partition coefficient (Wildman–Crippen LogP) is 2.64. The number of hydrogen-bond donors (Lipinski definition) is 2. The number of nitrogens with zero attached hydrogens (tertiary/aromatic N) is 1. The summed E-state index contributed by atoms with van der Waals surface area (Å²) < 4.78 is 0. The molecule has 2 amide bonds. The minimum atomic E-state index is -0.175. The summed E-state index contributed by atoms with van der Waals surface area (Å²) in [7, 11) is 0. The van der Waals surface area contributed by atoms with E-state index in [0.29, 0.717) is 13.1 Å². The van der Waals surface area contributed by atoms with Crippen molar-refractivity contribution in [3.8, 4) is 0 Å². The maximum absolute atomic E-state index is 12.2. The molecule has 110 valence electrons. The molecule has 0 radical (unpaired) electrons. The molecule has 1 atom stereocenters. The van der Waals surface area contributed by atoms with Crippen LogP contribution < -0.4 is 5.32 Å². The monoisotopic (exact) mass is 276 g/mol. The van der Waals surface area contributed by atoms with E-state index in [0.717, 1.165) is 12.0 Å². The predicted molar refractivity (Wildman–Crippen MR) is 81.6 cm³/mol. The Morgan fingerprint density at radius 2 is 2.10 bits per heavy atom. The fourth-order valence-electron chi connectivity index (χ4n) is 2.01. The van der Waals surface area contributed by atoms with Crippen LogP contribution in [0, 0.1) is 6.92 Å². The second kappa shape index (κ2) is 8.38. The van der Waals surface area contributed by atoms with Gasteiger partial charge in [-0.15, -0.1) is 6.58 Å². The van der Waals surface area contributed by atoms with Gasteiger partial charge in [0.15, 0.2) is 0 Å². The number of carbonyl (C=O) groups excluding carboxylic acids is 1. The molecule has 2 N–H and O–H groups in total. The highest BCUT2D eigenvalue weighted by Gasteiger charge is 2.16. The number of nitrogens with one attached hydrogen (secondary N) is 1. The number of carbonyl (C=O) groups is 1. The van der Waals surface area contributed by atoms with E-state index in [1.807, 2.05) is 38.1 Å². The molecule has 1 aromatic rings. The van der Waals surface area contributed by atoms with Gasteiger partial charge in [0.25, 0.3) is 0 Å². The molecular formula is C16H24N2O2. The summed E-state index contributed by atoms with van der Waals surface area (Å²) >= 11 is 0. The number of aliphatic hydroxyl groups excluding tert-OH is 1. The quantitative estimate of drug-likeness (QED) is 0.752. The number of benzene rings is 1. The third-order valence-electron chi connectivity index (χ3n) is 3.19. The molecule has 0 saturated heterocycles. The van der Waals surface area contributed by atoms with Crippen LogP contribution in [0.2, 0.25) is 0 Å². The molecule has 1 unspecified atom stereocenters. The molecule has 0 bridgehead atoms. The van der Waals surface area contributed by atoms with Crippen LogP contribution in [0.25, 0.3) is 0 Å². The molecule has 1 rings (SSSR count). The van der Waals surface area contributed by atoms with E-state index in [4.69, 9.17) is 5.11 Å². The number of aliphatic hydroxyl groups is 1. The highest BCUT2D eigenvalue weighted by Crippen LogP contribution is 2.17. The molecule has 0 aliphatic heterocycles. The van der Waals surface area contributed by atoms with Crippen LogP contribution in [0.5, 0.6) is 0 Å². The second-order valence-electron chi connectivity index (χ2n) is 4.78.